The third-order valence-electron chi connectivity index (χ3n) is 2.08. The summed E-state index contributed by atoms with van der Waals surface area (Å²) in [6, 6.07) is 7.35. The first-order valence-electron chi connectivity index (χ1n) is 5.39. The zero-order valence-corrected chi connectivity index (χ0v) is 9.62. The Morgan fingerprint density at radius 2 is 1.87 bits per heavy atom. The van der Waals surface area contributed by atoms with Crippen molar-refractivity contribution in [1.82, 2.24) is 0 Å². The van der Waals surface area contributed by atoms with Crippen molar-refractivity contribution in [3.63, 3.8) is 0 Å². The van der Waals surface area contributed by atoms with Gasteiger partial charge in [-0.25, -0.2) is 0 Å². The first-order valence-corrected chi connectivity index (χ1v) is 5.39. The lowest BCUT2D eigenvalue weighted by molar-refractivity contribution is 0.0988. The number of rotatable bonds is 5. The summed E-state index contributed by atoms with van der Waals surface area (Å²) in [6.45, 7) is 6.79. The minimum Gasteiger partial charge on any atom is -0.493 e. The molecule has 1 aromatic carbocycles. The molecule has 0 radical (unpaired) electrons. The first-order chi connectivity index (χ1) is 7.13. The Labute approximate surface area is 91.3 Å². The lowest BCUT2D eigenvalue weighted by Gasteiger charge is -2.08. The van der Waals surface area contributed by atoms with E-state index in [4.69, 9.17) is 4.74 Å². The standard InChI is InChI=1S/C13H18O2/c1-4-13(14)11-5-7-12(8-6-11)15-9-10(2)3/h5-8,10H,4,9H2,1-3H3. The Bertz CT molecular complexity index is 312. The summed E-state index contributed by atoms with van der Waals surface area (Å²) in [5.41, 5.74) is 0.759. The van der Waals surface area contributed by atoms with E-state index < -0.39 is 0 Å². The average Bonchev–Trinajstić information content (AvgIpc) is 2.26. The maximum Gasteiger partial charge on any atom is 0.162 e. The fourth-order valence-corrected chi connectivity index (χ4v) is 1.20. The second kappa shape index (κ2) is 5.54. The van der Waals surface area contributed by atoms with E-state index in [1.54, 1.807) is 0 Å². The second-order valence-electron chi connectivity index (χ2n) is 4.01. The third-order valence-corrected chi connectivity index (χ3v) is 2.08. The number of benzene rings is 1. The Morgan fingerprint density at radius 3 is 2.33 bits per heavy atom. The molecule has 0 bridgehead atoms. The van der Waals surface area contributed by atoms with Gasteiger partial charge in [-0.2, -0.15) is 0 Å². The van der Waals surface area contributed by atoms with Crippen molar-refractivity contribution in [3.05, 3.63) is 29.8 Å². The molecular formula is C13H18O2. The van der Waals surface area contributed by atoms with Crippen LogP contribution in [-0.4, -0.2) is 12.4 Å². The molecule has 0 saturated carbocycles. The normalized spacial score (nSPS) is 10.4. The van der Waals surface area contributed by atoms with Gasteiger partial charge in [0.25, 0.3) is 0 Å². The van der Waals surface area contributed by atoms with E-state index in [-0.39, 0.29) is 5.78 Å². The van der Waals surface area contributed by atoms with Crippen molar-refractivity contribution in [2.75, 3.05) is 6.61 Å². The molecule has 0 fully saturated rings. The van der Waals surface area contributed by atoms with Crippen molar-refractivity contribution in [1.29, 1.82) is 0 Å². The molecule has 0 amide bonds. The summed E-state index contributed by atoms with van der Waals surface area (Å²) in [7, 11) is 0. The lowest BCUT2D eigenvalue weighted by Crippen LogP contribution is -2.04. The van der Waals surface area contributed by atoms with Gasteiger partial charge in [-0.3, -0.25) is 4.79 Å². The molecule has 2 nitrogen and oxygen atoms in total. The Balaban J connectivity index is 2.60. The smallest absolute Gasteiger partial charge is 0.162 e. The van der Waals surface area contributed by atoms with Crippen LogP contribution in [0.3, 0.4) is 0 Å². The van der Waals surface area contributed by atoms with Crippen LogP contribution in [0.2, 0.25) is 0 Å². The van der Waals surface area contributed by atoms with Crippen LogP contribution in [0.5, 0.6) is 5.75 Å². The summed E-state index contributed by atoms with van der Waals surface area (Å²) in [6.07, 6.45) is 0.548. The van der Waals surface area contributed by atoms with Gasteiger partial charge in [-0.15, -0.1) is 0 Å². The number of ether oxygens (including phenoxy) is 1. The van der Waals surface area contributed by atoms with Crippen LogP contribution in [0.25, 0.3) is 0 Å². The molecule has 0 N–H and O–H groups in total. The van der Waals surface area contributed by atoms with E-state index in [0.29, 0.717) is 18.9 Å². The van der Waals surface area contributed by atoms with Crippen molar-refractivity contribution in [2.45, 2.75) is 27.2 Å². The zero-order chi connectivity index (χ0) is 11.3. The monoisotopic (exact) mass is 206 g/mol. The molecule has 0 saturated heterocycles. The summed E-state index contributed by atoms with van der Waals surface area (Å²) in [5, 5.41) is 0. The maximum absolute atomic E-state index is 11.4. The van der Waals surface area contributed by atoms with Gasteiger partial charge in [0, 0.05) is 12.0 Å². The average molecular weight is 206 g/mol. The van der Waals surface area contributed by atoms with E-state index in [1.807, 2.05) is 31.2 Å². The lowest BCUT2D eigenvalue weighted by atomic mass is 10.1. The maximum atomic E-state index is 11.4. The van der Waals surface area contributed by atoms with Gasteiger partial charge in [0.05, 0.1) is 6.61 Å². The molecule has 0 unspecified atom stereocenters. The van der Waals surface area contributed by atoms with Crippen LogP contribution >= 0.6 is 0 Å². The van der Waals surface area contributed by atoms with E-state index in [2.05, 4.69) is 13.8 Å². The van der Waals surface area contributed by atoms with Gasteiger partial charge in [0.15, 0.2) is 5.78 Å². The highest BCUT2D eigenvalue weighted by molar-refractivity contribution is 5.95. The molecule has 1 rings (SSSR count). The van der Waals surface area contributed by atoms with Gasteiger partial charge >= 0.3 is 0 Å². The number of ketones is 1. The van der Waals surface area contributed by atoms with Gasteiger partial charge in [0.1, 0.15) is 5.75 Å². The van der Waals surface area contributed by atoms with Gasteiger partial charge in [0.2, 0.25) is 0 Å². The number of hydrogen-bond donors (Lipinski definition) is 0. The fraction of sp³-hybridized carbons (Fsp3) is 0.462. The van der Waals surface area contributed by atoms with Crippen molar-refractivity contribution in [2.24, 2.45) is 5.92 Å². The predicted molar refractivity (Wildman–Crippen MR) is 61.4 cm³/mol. The van der Waals surface area contributed by atoms with Crippen LogP contribution in [0.1, 0.15) is 37.6 Å². The molecule has 0 spiro atoms. The first kappa shape index (κ1) is 11.8. The molecule has 2 heteroatoms. The number of carbonyl (C=O) groups is 1. The zero-order valence-electron chi connectivity index (χ0n) is 9.62. The Morgan fingerprint density at radius 1 is 1.27 bits per heavy atom. The van der Waals surface area contributed by atoms with Crippen LogP contribution < -0.4 is 4.74 Å². The molecular weight excluding hydrogens is 188 g/mol. The van der Waals surface area contributed by atoms with Crippen LogP contribution in [0.15, 0.2) is 24.3 Å². The molecule has 15 heavy (non-hydrogen) atoms. The highest BCUT2D eigenvalue weighted by Gasteiger charge is 2.03. The number of Topliss-reactive ketones (excluding diaryl/α,β-unsaturated/α-hetero) is 1. The molecule has 0 atom stereocenters. The minimum absolute atomic E-state index is 0.172. The highest BCUT2D eigenvalue weighted by Crippen LogP contribution is 2.14. The molecule has 0 aliphatic heterocycles. The van der Waals surface area contributed by atoms with Crippen LogP contribution in [0, 0.1) is 5.92 Å². The van der Waals surface area contributed by atoms with Gasteiger partial charge in [-0.05, 0) is 30.2 Å². The van der Waals surface area contributed by atoms with E-state index in [9.17, 15) is 4.79 Å². The fourth-order valence-electron chi connectivity index (χ4n) is 1.20. The highest BCUT2D eigenvalue weighted by atomic mass is 16.5. The van der Waals surface area contributed by atoms with E-state index >= 15 is 0 Å². The minimum atomic E-state index is 0.172. The van der Waals surface area contributed by atoms with E-state index in [0.717, 1.165) is 11.3 Å². The molecule has 0 aliphatic carbocycles. The van der Waals surface area contributed by atoms with Crippen LogP contribution in [-0.2, 0) is 0 Å². The quantitative estimate of drug-likeness (QED) is 0.691. The topological polar surface area (TPSA) is 26.3 Å². The third kappa shape index (κ3) is 3.74. The molecule has 0 aromatic heterocycles. The van der Waals surface area contributed by atoms with E-state index in [1.165, 1.54) is 0 Å². The second-order valence-corrected chi connectivity index (χ2v) is 4.01. The summed E-state index contributed by atoms with van der Waals surface area (Å²) in [4.78, 5) is 11.4. The largest absolute Gasteiger partial charge is 0.493 e. The molecule has 0 heterocycles. The number of hydrogen-bond acceptors (Lipinski definition) is 2. The van der Waals surface area contributed by atoms with Crippen LogP contribution in [0.4, 0.5) is 0 Å². The summed E-state index contributed by atoms with van der Waals surface area (Å²) in [5.74, 6) is 1.52. The van der Waals surface area contributed by atoms with Crippen molar-refractivity contribution < 1.29 is 9.53 Å². The summed E-state index contributed by atoms with van der Waals surface area (Å²) < 4.78 is 5.52. The molecule has 0 aliphatic rings. The van der Waals surface area contributed by atoms with Gasteiger partial charge in [-0.1, -0.05) is 20.8 Å². The predicted octanol–water partition coefficient (Wildman–Crippen LogP) is 3.31. The van der Waals surface area contributed by atoms with Crippen molar-refractivity contribution in [3.8, 4) is 5.75 Å². The molecule has 82 valence electrons. The van der Waals surface area contributed by atoms with Crippen molar-refractivity contribution >= 4 is 5.78 Å². The SMILES string of the molecule is CCC(=O)c1ccc(OCC(C)C)cc1. The molecule has 1 aromatic rings. The number of carbonyl (C=O) groups excluding carboxylic acids is 1. The Kier molecular flexibility index (Phi) is 4.35. The van der Waals surface area contributed by atoms with Gasteiger partial charge < -0.3 is 4.74 Å². The Hall–Kier alpha value is -1.31. The summed E-state index contributed by atoms with van der Waals surface area (Å²) >= 11 is 0.